The number of nitrogens with zero attached hydrogens (tertiary/aromatic N) is 1. The fraction of sp³-hybridized carbons (Fsp3) is 0.171. The fourth-order valence-corrected chi connectivity index (χ4v) is 5.40. The van der Waals surface area contributed by atoms with Crippen LogP contribution in [0.4, 0.5) is 18.9 Å². The van der Waals surface area contributed by atoms with Gasteiger partial charge in [-0.05, 0) is 77.7 Å². The molecule has 5 rings (SSSR count). The van der Waals surface area contributed by atoms with Crippen molar-refractivity contribution in [3.05, 3.63) is 149 Å². The lowest BCUT2D eigenvalue weighted by Crippen LogP contribution is -2.32. The molecule has 0 fully saturated rings. The van der Waals surface area contributed by atoms with Crippen molar-refractivity contribution in [3.8, 4) is 22.6 Å². The van der Waals surface area contributed by atoms with Crippen LogP contribution in [-0.2, 0) is 28.7 Å². The zero-order valence-corrected chi connectivity index (χ0v) is 28.4. The Morgan fingerprint density at radius 3 is 1.96 bits per heavy atom. The SMILES string of the molecule is COc1ccc(CC(=O)Nc2ccc(C(=O)N(CC=O)Cc3ccc(C(=O)COc4ccc(-c5ccc(C)cc5)cc4)cc3)cc2)c(C(F)(F)F)c1. The Kier molecular flexibility index (Phi) is 11.9. The minimum atomic E-state index is -4.68. The largest absolute Gasteiger partial charge is 0.497 e. The molecule has 0 aliphatic heterocycles. The second-order valence-electron chi connectivity index (χ2n) is 12.0. The van der Waals surface area contributed by atoms with Crippen molar-refractivity contribution in [2.24, 2.45) is 0 Å². The maximum absolute atomic E-state index is 13.5. The highest BCUT2D eigenvalue weighted by Gasteiger charge is 2.34. The van der Waals surface area contributed by atoms with Gasteiger partial charge in [0.15, 0.2) is 12.4 Å². The third-order valence-electron chi connectivity index (χ3n) is 8.23. The second kappa shape index (κ2) is 16.7. The number of ketones is 1. The highest BCUT2D eigenvalue weighted by Crippen LogP contribution is 2.35. The maximum Gasteiger partial charge on any atom is 0.416 e. The molecule has 5 aromatic carbocycles. The molecule has 0 aliphatic carbocycles. The highest BCUT2D eigenvalue weighted by molar-refractivity contribution is 5.98. The van der Waals surface area contributed by atoms with E-state index in [-0.39, 0.29) is 48.0 Å². The third-order valence-corrected chi connectivity index (χ3v) is 8.23. The standard InChI is InChI=1S/C41H35F3N2O6/c1-27-3-7-29(8-4-27)30-13-18-35(19-14-30)52-26-38(48)31-9-5-28(6-10-31)25-46(21-22-47)40(50)32-11-16-34(17-12-32)45-39(49)23-33-15-20-36(51-2)24-37(33)41(42,43)44/h3-20,22,24H,21,23,25-26H2,1-2H3,(H,45,49). The predicted octanol–water partition coefficient (Wildman–Crippen LogP) is 7.97. The van der Waals surface area contributed by atoms with Crippen LogP contribution in [0.2, 0.25) is 0 Å². The molecular weight excluding hydrogens is 673 g/mol. The molecule has 0 aromatic heterocycles. The van der Waals surface area contributed by atoms with E-state index in [2.05, 4.69) is 5.32 Å². The molecule has 0 aliphatic rings. The molecule has 0 spiro atoms. The van der Waals surface area contributed by atoms with E-state index in [9.17, 15) is 32.3 Å². The summed E-state index contributed by atoms with van der Waals surface area (Å²) in [7, 11) is 1.25. The van der Waals surface area contributed by atoms with Crippen molar-refractivity contribution >= 4 is 29.6 Å². The molecule has 1 N–H and O–H groups in total. The van der Waals surface area contributed by atoms with Gasteiger partial charge in [-0.1, -0.05) is 72.3 Å². The van der Waals surface area contributed by atoms with Gasteiger partial charge in [-0.25, -0.2) is 0 Å². The number of anilines is 1. The molecule has 0 bridgehead atoms. The summed E-state index contributed by atoms with van der Waals surface area (Å²) < 4.78 is 51.2. The van der Waals surface area contributed by atoms with Crippen molar-refractivity contribution in [1.82, 2.24) is 4.90 Å². The monoisotopic (exact) mass is 708 g/mol. The number of halogens is 3. The number of amides is 2. The van der Waals surface area contributed by atoms with E-state index in [4.69, 9.17) is 9.47 Å². The second-order valence-corrected chi connectivity index (χ2v) is 12.0. The number of ether oxygens (including phenoxy) is 2. The Bertz CT molecular complexity index is 2030. The quantitative estimate of drug-likeness (QED) is 0.0928. The van der Waals surface area contributed by atoms with E-state index in [0.29, 0.717) is 23.2 Å². The van der Waals surface area contributed by atoms with Gasteiger partial charge in [0.05, 0.1) is 25.6 Å². The number of rotatable bonds is 14. The van der Waals surface area contributed by atoms with Crippen LogP contribution in [0, 0.1) is 6.92 Å². The third kappa shape index (κ3) is 9.72. The lowest BCUT2D eigenvalue weighted by atomic mass is 10.0. The molecule has 0 saturated heterocycles. The minimum absolute atomic E-state index is 0.0189. The van der Waals surface area contributed by atoms with Crippen molar-refractivity contribution in [1.29, 1.82) is 0 Å². The van der Waals surface area contributed by atoms with Crippen molar-refractivity contribution < 1.29 is 41.8 Å². The first-order valence-electron chi connectivity index (χ1n) is 16.2. The number of Topliss-reactive ketones (excluding diaryl/α,β-unsaturated/α-hetero) is 1. The van der Waals surface area contributed by atoms with Crippen molar-refractivity contribution in [2.75, 3.05) is 25.6 Å². The Balaban J connectivity index is 1.15. The van der Waals surface area contributed by atoms with Crippen LogP contribution >= 0.6 is 0 Å². The zero-order chi connectivity index (χ0) is 37.3. The summed E-state index contributed by atoms with van der Waals surface area (Å²) in [6.45, 7) is 1.75. The lowest BCUT2D eigenvalue weighted by molar-refractivity contribution is -0.138. The fourth-order valence-electron chi connectivity index (χ4n) is 5.40. The molecule has 0 atom stereocenters. The number of aldehydes is 1. The van der Waals surface area contributed by atoms with Crippen LogP contribution in [0.3, 0.4) is 0 Å². The maximum atomic E-state index is 13.5. The molecule has 0 unspecified atom stereocenters. The van der Waals surface area contributed by atoms with Crippen LogP contribution in [0.25, 0.3) is 11.1 Å². The zero-order valence-electron chi connectivity index (χ0n) is 28.4. The predicted molar refractivity (Wildman–Crippen MR) is 190 cm³/mol. The van der Waals surface area contributed by atoms with E-state index < -0.39 is 30.0 Å². The summed E-state index contributed by atoms with van der Waals surface area (Å²) in [5.74, 6) is -0.789. The van der Waals surface area contributed by atoms with Gasteiger partial charge in [-0.15, -0.1) is 0 Å². The number of carbonyl (C=O) groups is 4. The van der Waals surface area contributed by atoms with Gasteiger partial charge in [-0.3, -0.25) is 14.4 Å². The summed E-state index contributed by atoms with van der Waals surface area (Å²) in [5.41, 5.74) is 3.71. The first-order chi connectivity index (χ1) is 24.9. The number of aryl methyl sites for hydroxylation is 1. The van der Waals surface area contributed by atoms with Crippen molar-refractivity contribution in [3.63, 3.8) is 0 Å². The number of carbonyl (C=O) groups excluding carboxylic acids is 4. The van der Waals surface area contributed by atoms with Gasteiger partial charge in [0, 0.05) is 23.4 Å². The number of methoxy groups -OCH3 is 1. The van der Waals surface area contributed by atoms with Crippen LogP contribution in [-0.4, -0.2) is 49.0 Å². The van der Waals surface area contributed by atoms with Gasteiger partial charge >= 0.3 is 6.18 Å². The number of nitrogens with one attached hydrogen (secondary N) is 1. The van der Waals surface area contributed by atoms with Crippen molar-refractivity contribution in [2.45, 2.75) is 26.1 Å². The Labute approximate surface area is 298 Å². The molecular formula is C41H35F3N2O6. The van der Waals surface area contributed by atoms with E-state index in [1.165, 1.54) is 54.0 Å². The molecule has 52 heavy (non-hydrogen) atoms. The van der Waals surface area contributed by atoms with Gasteiger partial charge in [0.2, 0.25) is 5.91 Å². The molecule has 5 aromatic rings. The first kappa shape index (κ1) is 37.0. The van der Waals surface area contributed by atoms with E-state index in [1.54, 1.807) is 24.3 Å². The summed E-state index contributed by atoms with van der Waals surface area (Å²) >= 11 is 0. The number of benzene rings is 5. The summed E-state index contributed by atoms with van der Waals surface area (Å²) in [5, 5.41) is 2.55. The molecule has 8 nitrogen and oxygen atoms in total. The van der Waals surface area contributed by atoms with Gasteiger partial charge in [0.1, 0.15) is 17.8 Å². The Morgan fingerprint density at radius 1 is 0.769 bits per heavy atom. The molecule has 0 saturated carbocycles. The van der Waals surface area contributed by atoms with E-state index >= 15 is 0 Å². The number of alkyl halides is 3. The van der Waals surface area contributed by atoms with E-state index in [0.717, 1.165) is 17.2 Å². The van der Waals surface area contributed by atoms with Crippen LogP contribution in [0.15, 0.2) is 115 Å². The Hall–Kier alpha value is -6.23. The first-order valence-corrected chi connectivity index (χ1v) is 16.2. The van der Waals surface area contributed by atoms with Crippen LogP contribution in [0.1, 0.15) is 43.0 Å². The number of hydrogen-bond donors (Lipinski definition) is 1. The topological polar surface area (TPSA) is 102 Å². The molecule has 266 valence electrons. The molecule has 2 amide bonds. The van der Waals surface area contributed by atoms with E-state index in [1.807, 2.05) is 55.5 Å². The number of hydrogen-bond acceptors (Lipinski definition) is 6. The minimum Gasteiger partial charge on any atom is -0.497 e. The smallest absolute Gasteiger partial charge is 0.416 e. The normalized spacial score (nSPS) is 11.0. The highest BCUT2D eigenvalue weighted by atomic mass is 19.4. The van der Waals surface area contributed by atoms with Crippen LogP contribution < -0.4 is 14.8 Å². The molecule has 0 radical (unpaired) electrons. The van der Waals surface area contributed by atoms with Gasteiger partial charge < -0.3 is 24.5 Å². The summed E-state index contributed by atoms with van der Waals surface area (Å²) in [6, 6.07) is 31.5. The lowest BCUT2D eigenvalue weighted by Gasteiger charge is -2.21. The van der Waals surface area contributed by atoms with Gasteiger partial charge in [0.25, 0.3) is 5.91 Å². The Morgan fingerprint density at radius 2 is 1.37 bits per heavy atom. The molecule has 11 heteroatoms. The average molecular weight is 709 g/mol. The summed E-state index contributed by atoms with van der Waals surface area (Å²) in [4.78, 5) is 51.5. The average Bonchev–Trinajstić information content (AvgIpc) is 3.14. The van der Waals surface area contributed by atoms with Gasteiger partial charge in [-0.2, -0.15) is 13.2 Å². The van der Waals surface area contributed by atoms with Crippen LogP contribution in [0.5, 0.6) is 11.5 Å². The molecule has 0 heterocycles. The summed E-state index contributed by atoms with van der Waals surface area (Å²) in [6.07, 6.45) is -4.61.